The summed E-state index contributed by atoms with van der Waals surface area (Å²) in [6.45, 7) is 4.71. The van der Waals surface area contributed by atoms with Crippen molar-refractivity contribution in [2.24, 2.45) is 0 Å². The van der Waals surface area contributed by atoms with Gasteiger partial charge in [0.15, 0.2) is 9.84 Å². The van der Waals surface area contributed by atoms with Gasteiger partial charge < -0.3 is 14.4 Å². The first kappa shape index (κ1) is 17.2. The molecule has 24 heavy (non-hydrogen) atoms. The molecule has 0 radical (unpaired) electrons. The molecule has 0 bridgehead atoms. The molecule has 1 aromatic rings. The summed E-state index contributed by atoms with van der Waals surface area (Å²) in [5, 5.41) is 0. The van der Waals surface area contributed by atoms with Gasteiger partial charge in [-0.25, -0.2) is 18.2 Å². The van der Waals surface area contributed by atoms with Gasteiger partial charge in [0.2, 0.25) is 0 Å². The summed E-state index contributed by atoms with van der Waals surface area (Å²) < 4.78 is 26.5. The Morgan fingerprint density at radius 1 is 1.29 bits per heavy atom. The molecule has 0 aromatic carbocycles. The van der Waals surface area contributed by atoms with Crippen molar-refractivity contribution in [1.82, 2.24) is 24.3 Å². The number of nitrogens with zero attached hydrogens (tertiary/aromatic N) is 5. The van der Waals surface area contributed by atoms with Gasteiger partial charge in [-0.05, 0) is 6.92 Å². The average molecular weight is 355 g/mol. The zero-order valence-corrected chi connectivity index (χ0v) is 15.2. The number of sulfone groups is 1. The van der Waals surface area contributed by atoms with Crippen LogP contribution in [0.15, 0.2) is 12.4 Å². The Bertz CT molecular complexity index is 714. The number of carbonyl (C=O) groups excluding carboxylic acids is 1. The molecule has 3 rings (SSSR count). The van der Waals surface area contributed by atoms with Gasteiger partial charge in [-0.1, -0.05) is 0 Å². The smallest absolute Gasteiger partial charge is 0.319 e. The monoisotopic (exact) mass is 355 g/mol. The molecule has 0 aliphatic carbocycles. The largest absolute Gasteiger partial charge is 0.334 e. The lowest BCUT2D eigenvalue weighted by atomic mass is 10.1. The Kier molecular flexibility index (Phi) is 4.56. The standard InChI is InChI=1S/C15H25N5O3S/c1-4-18-6-5-16-14(18)9-19-7-8-20(15(21)17(2)3)13-11-24(22,23)10-12(13)19/h5-6,12-13H,4,7-11H2,1-3H3/t12-,13+/m0/s1. The third-order valence-corrected chi connectivity index (χ3v) is 6.60. The first-order chi connectivity index (χ1) is 11.3. The van der Waals surface area contributed by atoms with Crippen LogP contribution >= 0.6 is 0 Å². The molecular weight excluding hydrogens is 330 g/mol. The molecule has 0 unspecified atom stereocenters. The second kappa shape index (κ2) is 6.36. The van der Waals surface area contributed by atoms with Crippen LogP contribution < -0.4 is 0 Å². The highest BCUT2D eigenvalue weighted by atomic mass is 32.2. The minimum atomic E-state index is -3.13. The second-order valence-corrected chi connectivity index (χ2v) is 8.84. The second-order valence-electron chi connectivity index (χ2n) is 6.68. The van der Waals surface area contributed by atoms with E-state index in [4.69, 9.17) is 0 Å². The van der Waals surface area contributed by atoms with Gasteiger partial charge in [0, 0.05) is 52.2 Å². The summed E-state index contributed by atoms with van der Waals surface area (Å²) in [6.07, 6.45) is 3.71. The third-order valence-electron chi connectivity index (χ3n) is 4.91. The Morgan fingerprint density at radius 3 is 2.67 bits per heavy atom. The lowest BCUT2D eigenvalue weighted by molar-refractivity contribution is 0.0500. The Labute approximate surface area is 143 Å². The van der Waals surface area contributed by atoms with E-state index in [-0.39, 0.29) is 29.6 Å². The highest BCUT2D eigenvalue weighted by Crippen LogP contribution is 2.28. The van der Waals surface area contributed by atoms with E-state index in [1.54, 1.807) is 25.2 Å². The molecule has 2 saturated heterocycles. The maximum absolute atomic E-state index is 12.4. The summed E-state index contributed by atoms with van der Waals surface area (Å²) in [4.78, 5) is 22.2. The van der Waals surface area contributed by atoms with Crippen LogP contribution in [0.4, 0.5) is 4.79 Å². The molecule has 2 fully saturated rings. The summed E-state index contributed by atoms with van der Waals surface area (Å²) in [6, 6.07) is -0.546. The summed E-state index contributed by atoms with van der Waals surface area (Å²) >= 11 is 0. The average Bonchev–Trinajstić information content (AvgIpc) is 3.09. The van der Waals surface area contributed by atoms with Gasteiger partial charge in [0.05, 0.1) is 24.1 Å². The van der Waals surface area contributed by atoms with Crippen molar-refractivity contribution in [2.75, 3.05) is 38.7 Å². The van der Waals surface area contributed by atoms with Crippen molar-refractivity contribution in [3.8, 4) is 0 Å². The zero-order valence-electron chi connectivity index (χ0n) is 14.4. The van der Waals surface area contributed by atoms with E-state index in [1.165, 1.54) is 4.90 Å². The fourth-order valence-electron chi connectivity index (χ4n) is 3.68. The fourth-order valence-corrected chi connectivity index (χ4v) is 5.69. The predicted molar refractivity (Wildman–Crippen MR) is 90.3 cm³/mol. The van der Waals surface area contributed by atoms with Gasteiger partial charge in [0.25, 0.3) is 0 Å². The summed E-state index contributed by atoms with van der Waals surface area (Å²) in [5.74, 6) is 1.10. The molecule has 2 amide bonds. The van der Waals surface area contributed by atoms with Crippen LogP contribution in [0.2, 0.25) is 0 Å². The number of hydrogen-bond acceptors (Lipinski definition) is 5. The molecule has 0 spiro atoms. The molecular formula is C15H25N5O3S. The number of aryl methyl sites for hydroxylation is 1. The van der Waals surface area contributed by atoms with Crippen LogP contribution in [0.1, 0.15) is 12.7 Å². The van der Waals surface area contributed by atoms with Crippen LogP contribution in [-0.4, -0.2) is 89.5 Å². The number of aromatic nitrogens is 2. The van der Waals surface area contributed by atoms with Gasteiger partial charge >= 0.3 is 6.03 Å². The molecule has 9 heteroatoms. The number of piperazine rings is 1. The number of amides is 2. The first-order valence-electron chi connectivity index (χ1n) is 8.25. The topological polar surface area (TPSA) is 78.8 Å². The number of rotatable bonds is 3. The minimum Gasteiger partial charge on any atom is -0.334 e. The van der Waals surface area contributed by atoms with Crippen LogP contribution in [0, 0.1) is 0 Å². The third kappa shape index (κ3) is 3.14. The number of carbonyl (C=O) groups is 1. The van der Waals surface area contributed by atoms with Crippen molar-refractivity contribution in [1.29, 1.82) is 0 Å². The first-order valence-corrected chi connectivity index (χ1v) is 10.1. The van der Waals surface area contributed by atoms with E-state index in [1.807, 2.05) is 6.20 Å². The predicted octanol–water partition coefficient (Wildman–Crippen LogP) is -0.132. The number of hydrogen-bond donors (Lipinski definition) is 0. The SMILES string of the molecule is CCn1ccnc1CN1CCN(C(=O)N(C)C)[C@@H]2CS(=O)(=O)C[C@@H]21. The molecule has 134 valence electrons. The fraction of sp³-hybridized carbons (Fsp3) is 0.733. The van der Waals surface area contributed by atoms with Crippen molar-refractivity contribution < 1.29 is 13.2 Å². The lowest BCUT2D eigenvalue weighted by Gasteiger charge is -2.44. The van der Waals surface area contributed by atoms with Crippen molar-refractivity contribution in [2.45, 2.75) is 32.1 Å². The maximum Gasteiger partial charge on any atom is 0.319 e. The van der Waals surface area contributed by atoms with E-state index in [0.29, 0.717) is 19.6 Å². The molecule has 3 heterocycles. The number of imidazole rings is 1. The molecule has 8 nitrogen and oxygen atoms in total. The van der Waals surface area contributed by atoms with E-state index in [2.05, 4.69) is 21.4 Å². The van der Waals surface area contributed by atoms with Crippen LogP contribution in [-0.2, 0) is 22.9 Å². The Morgan fingerprint density at radius 2 is 2.00 bits per heavy atom. The molecule has 0 saturated carbocycles. The normalized spacial score (nSPS) is 26.4. The van der Waals surface area contributed by atoms with Crippen molar-refractivity contribution in [3.63, 3.8) is 0 Å². The summed E-state index contributed by atoms with van der Waals surface area (Å²) in [5.41, 5.74) is 0. The van der Waals surface area contributed by atoms with E-state index in [0.717, 1.165) is 12.4 Å². The number of fused-ring (bicyclic) bond motifs is 1. The van der Waals surface area contributed by atoms with Gasteiger partial charge in [-0.2, -0.15) is 0 Å². The van der Waals surface area contributed by atoms with Crippen LogP contribution in [0.3, 0.4) is 0 Å². The Balaban J connectivity index is 1.83. The lowest BCUT2D eigenvalue weighted by Crippen LogP contribution is -2.61. The van der Waals surface area contributed by atoms with Crippen molar-refractivity contribution in [3.05, 3.63) is 18.2 Å². The van der Waals surface area contributed by atoms with Crippen LogP contribution in [0.25, 0.3) is 0 Å². The molecule has 2 atom stereocenters. The highest BCUT2D eigenvalue weighted by Gasteiger charge is 2.48. The number of urea groups is 1. The highest BCUT2D eigenvalue weighted by molar-refractivity contribution is 7.91. The Hall–Kier alpha value is -1.61. The molecule has 0 N–H and O–H groups in total. The minimum absolute atomic E-state index is 0.0516. The van der Waals surface area contributed by atoms with Gasteiger partial charge in [0.1, 0.15) is 5.82 Å². The van der Waals surface area contributed by atoms with E-state index < -0.39 is 9.84 Å². The zero-order chi connectivity index (χ0) is 17.5. The molecule has 1 aromatic heterocycles. The van der Waals surface area contributed by atoms with Crippen LogP contribution in [0.5, 0.6) is 0 Å². The molecule has 2 aliphatic rings. The summed E-state index contributed by atoms with van der Waals surface area (Å²) in [7, 11) is 0.269. The van der Waals surface area contributed by atoms with Gasteiger partial charge in [-0.15, -0.1) is 0 Å². The van der Waals surface area contributed by atoms with Crippen molar-refractivity contribution >= 4 is 15.9 Å². The van der Waals surface area contributed by atoms with E-state index in [9.17, 15) is 13.2 Å². The van der Waals surface area contributed by atoms with Gasteiger partial charge in [-0.3, -0.25) is 4.90 Å². The molecule has 2 aliphatic heterocycles. The van der Waals surface area contributed by atoms with E-state index >= 15 is 0 Å². The maximum atomic E-state index is 12.4. The quantitative estimate of drug-likeness (QED) is 0.755.